The van der Waals surface area contributed by atoms with Gasteiger partial charge in [-0.05, 0) is 29.7 Å². The minimum absolute atomic E-state index is 0.0571. The summed E-state index contributed by atoms with van der Waals surface area (Å²) in [7, 11) is 0. The van der Waals surface area contributed by atoms with Gasteiger partial charge < -0.3 is 16.0 Å². The van der Waals surface area contributed by atoms with Crippen molar-refractivity contribution < 1.29 is 9.59 Å². The van der Waals surface area contributed by atoms with E-state index in [-0.39, 0.29) is 18.4 Å². The molecular formula is C23H25N3O2. The molecule has 0 atom stereocenters. The van der Waals surface area contributed by atoms with Crippen LogP contribution in [0.4, 0.5) is 17.1 Å². The summed E-state index contributed by atoms with van der Waals surface area (Å²) in [5.74, 6) is -0.196. The van der Waals surface area contributed by atoms with E-state index in [4.69, 9.17) is 0 Å². The number of benzene rings is 3. The summed E-state index contributed by atoms with van der Waals surface area (Å²) < 4.78 is 0. The van der Waals surface area contributed by atoms with Crippen molar-refractivity contribution in [3.05, 3.63) is 66.7 Å². The van der Waals surface area contributed by atoms with E-state index in [0.29, 0.717) is 5.69 Å². The topological polar surface area (TPSA) is 70.2 Å². The number of anilines is 3. The molecule has 0 unspecified atom stereocenters. The third-order valence-corrected chi connectivity index (χ3v) is 4.32. The second-order valence-electron chi connectivity index (χ2n) is 7.71. The molecule has 2 amide bonds. The second-order valence-corrected chi connectivity index (χ2v) is 7.71. The third kappa shape index (κ3) is 4.88. The van der Waals surface area contributed by atoms with Crippen LogP contribution in [0.5, 0.6) is 0 Å². The highest BCUT2D eigenvalue weighted by molar-refractivity contribution is 6.03. The van der Waals surface area contributed by atoms with Crippen molar-refractivity contribution in [1.82, 2.24) is 0 Å². The molecule has 0 saturated carbocycles. The Bertz CT molecular complexity index is 1000. The van der Waals surface area contributed by atoms with Gasteiger partial charge in [0.15, 0.2) is 0 Å². The van der Waals surface area contributed by atoms with E-state index in [1.807, 2.05) is 87.5 Å². The summed E-state index contributed by atoms with van der Waals surface area (Å²) in [4.78, 5) is 24.5. The summed E-state index contributed by atoms with van der Waals surface area (Å²) in [5, 5.41) is 11.0. The molecule has 3 aromatic rings. The van der Waals surface area contributed by atoms with Gasteiger partial charge in [0.05, 0.1) is 6.54 Å². The molecule has 5 nitrogen and oxygen atoms in total. The van der Waals surface area contributed by atoms with Gasteiger partial charge in [0.2, 0.25) is 11.8 Å². The van der Waals surface area contributed by atoms with Gasteiger partial charge in [-0.2, -0.15) is 0 Å². The fraction of sp³-hybridized carbons (Fsp3) is 0.217. The number of rotatable bonds is 5. The summed E-state index contributed by atoms with van der Waals surface area (Å²) in [6.07, 6.45) is 0. The lowest BCUT2D eigenvalue weighted by Gasteiger charge is -2.18. The highest BCUT2D eigenvalue weighted by Gasteiger charge is 2.21. The van der Waals surface area contributed by atoms with Crippen LogP contribution in [0.2, 0.25) is 0 Å². The largest absolute Gasteiger partial charge is 0.376 e. The van der Waals surface area contributed by atoms with Gasteiger partial charge in [-0.3, -0.25) is 9.59 Å². The maximum absolute atomic E-state index is 12.4. The molecule has 3 aromatic carbocycles. The maximum Gasteiger partial charge on any atom is 0.243 e. The van der Waals surface area contributed by atoms with Crippen LogP contribution in [-0.2, 0) is 9.59 Å². The van der Waals surface area contributed by atoms with E-state index in [1.165, 1.54) is 0 Å². The molecule has 0 saturated heterocycles. The predicted molar refractivity (Wildman–Crippen MR) is 116 cm³/mol. The molecule has 0 heterocycles. The molecule has 5 heteroatoms. The lowest BCUT2D eigenvalue weighted by Crippen LogP contribution is -2.27. The van der Waals surface area contributed by atoms with E-state index >= 15 is 0 Å². The average Bonchev–Trinajstić information content (AvgIpc) is 2.66. The molecule has 3 N–H and O–H groups in total. The van der Waals surface area contributed by atoms with Crippen LogP contribution < -0.4 is 16.0 Å². The minimum Gasteiger partial charge on any atom is -0.376 e. The van der Waals surface area contributed by atoms with Crippen LogP contribution in [0.1, 0.15) is 20.8 Å². The quantitative estimate of drug-likeness (QED) is 0.595. The van der Waals surface area contributed by atoms with E-state index in [0.717, 1.165) is 22.1 Å². The molecule has 0 fully saturated rings. The first-order valence-electron chi connectivity index (χ1n) is 9.26. The molecule has 0 spiro atoms. The fourth-order valence-electron chi connectivity index (χ4n) is 2.74. The van der Waals surface area contributed by atoms with Crippen LogP contribution in [0.25, 0.3) is 10.8 Å². The van der Waals surface area contributed by atoms with Crippen molar-refractivity contribution in [3.8, 4) is 0 Å². The number of hydrogen-bond acceptors (Lipinski definition) is 3. The number of hydrogen-bond donors (Lipinski definition) is 3. The standard InChI is InChI=1S/C23H25N3O2/c1-23(2,3)22(28)25-18-11-7-10-17(14-18)24-15-21(27)26-20-13-6-9-16-8-4-5-12-19(16)20/h4-14,24H,15H2,1-3H3,(H,25,28)(H,26,27). The molecule has 0 aliphatic heterocycles. The van der Waals surface area contributed by atoms with Gasteiger partial charge in [0, 0.05) is 27.9 Å². The zero-order valence-electron chi connectivity index (χ0n) is 16.4. The van der Waals surface area contributed by atoms with Crippen molar-refractivity contribution in [2.24, 2.45) is 5.41 Å². The minimum atomic E-state index is -0.470. The Morgan fingerprint density at radius 1 is 0.821 bits per heavy atom. The second kappa shape index (κ2) is 8.13. The lowest BCUT2D eigenvalue weighted by atomic mass is 9.95. The van der Waals surface area contributed by atoms with Gasteiger partial charge in [-0.25, -0.2) is 0 Å². The highest BCUT2D eigenvalue weighted by Crippen LogP contribution is 2.23. The molecule has 0 aliphatic carbocycles. The number of carbonyl (C=O) groups is 2. The predicted octanol–water partition coefficient (Wildman–Crippen LogP) is 4.88. The van der Waals surface area contributed by atoms with E-state index < -0.39 is 5.41 Å². The molecule has 0 radical (unpaired) electrons. The molecule has 28 heavy (non-hydrogen) atoms. The zero-order chi connectivity index (χ0) is 20.1. The maximum atomic E-state index is 12.4. The molecule has 0 aliphatic rings. The van der Waals surface area contributed by atoms with Crippen molar-refractivity contribution in [1.29, 1.82) is 0 Å². The van der Waals surface area contributed by atoms with Crippen LogP contribution in [0.15, 0.2) is 66.7 Å². The van der Waals surface area contributed by atoms with Gasteiger partial charge in [-0.1, -0.05) is 63.2 Å². The van der Waals surface area contributed by atoms with E-state index in [2.05, 4.69) is 16.0 Å². The first kappa shape index (κ1) is 19.4. The SMILES string of the molecule is CC(C)(C)C(=O)Nc1cccc(NCC(=O)Nc2cccc3ccccc23)c1. The summed E-state index contributed by atoms with van der Waals surface area (Å²) in [6.45, 7) is 5.71. The van der Waals surface area contributed by atoms with E-state index in [1.54, 1.807) is 0 Å². The van der Waals surface area contributed by atoms with Gasteiger partial charge >= 0.3 is 0 Å². The number of fused-ring (bicyclic) bond motifs is 1. The van der Waals surface area contributed by atoms with Gasteiger partial charge in [-0.15, -0.1) is 0 Å². The molecule has 144 valence electrons. The van der Waals surface area contributed by atoms with Crippen LogP contribution in [0, 0.1) is 5.41 Å². The first-order valence-corrected chi connectivity index (χ1v) is 9.26. The highest BCUT2D eigenvalue weighted by atomic mass is 16.2. The van der Waals surface area contributed by atoms with Crippen molar-refractivity contribution in [2.45, 2.75) is 20.8 Å². The number of nitrogens with one attached hydrogen (secondary N) is 3. The lowest BCUT2D eigenvalue weighted by molar-refractivity contribution is -0.123. The molecular weight excluding hydrogens is 350 g/mol. The van der Waals surface area contributed by atoms with Crippen LogP contribution in [-0.4, -0.2) is 18.4 Å². The molecule has 0 aromatic heterocycles. The number of amides is 2. The van der Waals surface area contributed by atoms with Gasteiger partial charge in [0.1, 0.15) is 0 Å². The summed E-state index contributed by atoms with van der Waals surface area (Å²) in [6, 6.07) is 21.1. The Hall–Kier alpha value is -3.34. The zero-order valence-corrected chi connectivity index (χ0v) is 16.4. The normalized spacial score (nSPS) is 11.1. The smallest absolute Gasteiger partial charge is 0.243 e. The van der Waals surface area contributed by atoms with Crippen LogP contribution >= 0.6 is 0 Å². The average molecular weight is 375 g/mol. The Labute approximate surface area is 165 Å². The first-order chi connectivity index (χ1) is 13.3. The molecule has 0 bridgehead atoms. The fourth-order valence-corrected chi connectivity index (χ4v) is 2.74. The third-order valence-electron chi connectivity index (χ3n) is 4.32. The van der Waals surface area contributed by atoms with Crippen molar-refractivity contribution in [2.75, 3.05) is 22.5 Å². The number of carbonyl (C=O) groups excluding carboxylic acids is 2. The Balaban J connectivity index is 1.62. The van der Waals surface area contributed by atoms with E-state index in [9.17, 15) is 9.59 Å². The molecule has 3 rings (SSSR count). The summed E-state index contributed by atoms with van der Waals surface area (Å²) >= 11 is 0. The Morgan fingerprint density at radius 3 is 2.29 bits per heavy atom. The monoisotopic (exact) mass is 375 g/mol. The van der Waals surface area contributed by atoms with Gasteiger partial charge in [0.25, 0.3) is 0 Å². The van der Waals surface area contributed by atoms with Crippen molar-refractivity contribution in [3.63, 3.8) is 0 Å². The Kier molecular flexibility index (Phi) is 5.64. The Morgan fingerprint density at radius 2 is 1.50 bits per heavy atom. The van der Waals surface area contributed by atoms with Crippen molar-refractivity contribution >= 4 is 39.6 Å². The van der Waals surface area contributed by atoms with Crippen LogP contribution in [0.3, 0.4) is 0 Å². The summed E-state index contributed by atoms with van der Waals surface area (Å²) in [5.41, 5.74) is 1.78.